The van der Waals surface area contributed by atoms with Crippen molar-refractivity contribution in [3.05, 3.63) is 53.6 Å². The lowest BCUT2D eigenvalue weighted by Crippen LogP contribution is -2.51. The molecule has 0 heterocycles. The largest absolute Gasteiger partial charge is 0.482 e. The third kappa shape index (κ3) is 4.02. The molecule has 4 aliphatic rings. The lowest BCUT2D eigenvalue weighted by atomic mass is 9.49. The normalized spacial score (nSPS) is 29.6. The van der Waals surface area contributed by atoms with Gasteiger partial charge < -0.3 is 10.1 Å². The Labute approximate surface area is 177 Å². The predicted octanol–water partition coefficient (Wildman–Crippen LogP) is 5.72. The zero-order valence-corrected chi connectivity index (χ0v) is 17.5. The Morgan fingerprint density at radius 1 is 0.966 bits per heavy atom. The van der Waals surface area contributed by atoms with Gasteiger partial charge in [0.05, 0.1) is 5.02 Å². The third-order valence-electron chi connectivity index (χ3n) is 7.22. The number of hydrogen-bond donors (Lipinski definition) is 1. The summed E-state index contributed by atoms with van der Waals surface area (Å²) in [4.78, 5) is 12.4. The summed E-state index contributed by atoms with van der Waals surface area (Å²) in [5.74, 6) is 3.20. The second-order valence-corrected chi connectivity index (χ2v) is 9.90. The van der Waals surface area contributed by atoms with Crippen molar-refractivity contribution in [2.75, 3.05) is 13.2 Å². The van der Waals surface area contributed by atoms with Gasteiger partial charge in [-0.3, -0.25) is 4.79 Å². The molecule has 0 saturated heterocycles. The van der Waals surface area contributed by atoms with Gasteiger partial charge in [0.25, 0.3) is 5.91 Å². The van der Waals surface area contributed by atoms with Crippen LogP contribution in [0.4, 0.5) is 0 Å². The number of amides is 1. The molecule has 0 spiro atoms. The molecule has 4 heteroatoms. The highest BCUT2D eigenvalue weighted by atomic mass is 35.5. The standard InChI is InChI=1S/C25H28ClNO2/c26-22-11-21(20-4-2-1-3-5-20)6-7-23(22)29-15-24(28)27-16-25-12-17-8-18(13-25)10-19(9-17)14-25/h1-7,11,17-19H,8-10,12-16H2,(H,27,28). The highest BCUT2D eigenvalue weighted by Crippen LogP contribution is 2.59. The van der Waals surface area contributed by atoms with Crippen LogP contribution < -0.4 is 10.1 Å². The second-order valence-electron chi connectivity index (χ2n) is 9.49. The van der Waals surface area contributed by atoms with Crippen molar-refractivity contribution in [1.82, 2.24) is 5.32 Å². The maximum Gasteiger partial charge on any atom is 0.257 e. The third-order valence-corrected chi connectivity index (χ3v) is 7.52. The first-order valence-electron chi connectivity index (χ1n) is 10.8. The maximum atomic E-state index is 12.4. The molecule has 0 unspecified atom stereocenters. The molecule has 6 rings (SSSR count). The minimum absolute atomic E-state index is 0.0107. The molecule has 1 amide bonds. The fraction of sp³-hybridized carbons (Fsp3) is 0.480. The summed E-state index contributed by atoms with van der Waals surface area (Å²) in [5, 5.41) is 3.69. The summed E-state index contributed by atoms with van der Waals surface area (Å²) in [6.07, 6.45) is 8.17. The Balaban J connectivity index is 1.15. The van der Waals surface area contributed by atoms with Crippen LogP contribution in [0.2, 0.25) is 5.02 Å². The second kappa shape index (κ2) is 7.68. The number of hydrogen-bond acceptors (Lipinski definition) is 2. The molecule has 4 bridgehead atoms. The van der Waals surface area contributed by atoms with Crippen LogP contribution in [0, 0.1) is 23.2 Å². The van der Waals surface area contributed by atoms with E-state index in [1.807, 2.05) is 48.5 Å². The van der Waals surface area contributed by atoms with Crippen LogP contribution in [-0.2, 0) is 4.79 Å². The van der Waals surface area contributed by atoms with Gasteiger partial charge in [-0.25, -0.2) is 0 Å². The van der Waals surface area contributed by atoms with Crippen LogP contribution in [0.15, 0.2) is 48.5 Å². The number of nitrogens with one attached hydrogen (secondary N) is 1. The molecule has 0 atom stereocenters. The summed E-state index contributed by atoms with van der Waals surface area (Å²) in [7, 11) is 0. The van der Waals surface area contributed by atoms with E-state index in [4.69, 9.17) is 16.3 Å². The first-order chi connectivity index (χ1) is 14.1. The van der Waals surface area contributed by atoms with Gasteiger partial charge in [-0.2, -0.15) is 0 Å². The van der Waals surface area contributed by atoms with Crippen LogP contribution in [0.3, 0.4) is 0 Å². The molecule has 152 valence electrons. The van der Waals surface area contributed by atoms with Crippen molar-refractivity contribution >= 4 is 17.5 Å². The van der Waals surface area contributed by atoms with Crippen molar-refractivity contribution in [3.8, 4) is 16.9 Å². The molecule has 29 heavy (non-hydrogen) atoms. The summed E-state index contributed by atoms with van der Waals surface area (Å²) < 4.78 is 5.72. The van der Waals surface area contributed by atoms with Gasteiger partial charge >= 0.3 is 0 Å². The number of benzene rings is 2. The Hall–Kier alpha value is -2.00. The zero-order chi connectivity index (χ0) is 19.8. The van der Waals surface area contributed by atoms with E-state index in [1.165, 1.54) is 38.5 Å². The predicted molar refractivity (Wildman–Crippen MR) is 116 cm³/mol. The smallest absolute Gasteiger partial charge is 0.257 e. The Morgan fingerprint density at radius 3 is 2.24 bits per heavy atom. The van der Waals surface area contributed by atoms with E-state index in [0.29, 0.717) is 16.2 Å². The van der Waals surface area contributed by atoms with Crippen molar-refractivity contribution in [2.45, 2.75) is 38.5 Å². The maximum absolute atomic E-state index is 12.4. The van der Waals surface area contributed by atoms with Gasteiger partial charge in [0.1, 0.15) is 5.75 Å². The van der Waals surface area contributed by atoms with E-state index in [2.05, 4.69) is 5.32 Å². The minimum atomic E-state index is -0.0519. The summed E-state index contributed by atoms with van der Waals surface area (Å²) in [6.45, 7) is 0.816. The van der Waals surface area contributed by atoms with E-state index in [1.54, 1.807) is 0 Å². The lowest BCUT2D eigenvalue weighted by Gasteiger charge is -2.56. The molecule has 4 saturated carbocycles. The van der Waals surface area contributed by atoms with Crippen LogP contribution in [0.25, 0.3) is 11.1 Å². The van der Waals surface area contributed by atoms with Crippen molar-refractivity contribution in [3.63, 3.8) is 0 Å². The highest BCUT2D eigenvalue weighted by Gasteiger charge is 2.50. The number of carbonyl (C=O) groups excluding carboxylic acids is 1. The number of carbonyl (C=O) groups is 1. The number of ether oxygens (including phenoxy) is 1. The minimum Gasteiger partial charge on any atom is -0.482 e. The van der Waals surface area contributed by atoms with E-state index in [9.17, 15) is 4.79 Å². The first kappa shape index (κ1) is 19.0. The SMILES string of the molecule is O=C(COc1ccc(-c2ccccc2)cc1Cl)NCC12CC3CC(CC(C3)C1)C2. The summed E-state index contributed by atoms with van der Waals surface area (Å²) >= 11 is 6.39. The molecular weight excluding hydrogens is 382 g/mol. The van der Waals surface area contributed by atoms with Gasteiger partial charge in [0.15, 0.2) is 6.61 Å². The van der Waals surface area contributed by atoms with Crippen molar-refractivity contribution < 1.29 is 9.53 Å². The van der Waals surface area contributed by atoms with E-state index in [-0.39, 0.29) is 12.5 Å². The van der Waals surface area contributed by atoms with Gasteiger partial charge in [-0.1, -0.05) is 48.0 Å². The van der Waals surface area contributed by atoms with Gasteiger partial charge in [0, 0.05) is 6.54 Å². The Morgan fingerprint density at radius 2 is 1.62 bits per heavy atom. The van der Waals surface area contributed by atoms with E-state index < -0.39 is 0 Å². The van der Waals surface area contributed by atoms with E-state index in [0.717, 1.165) is 35.4 Å². The van der Waals surface area contributed by atoms with Gasteiger partial charge in [-0.05, 0) is 85.0 Å². The molecule has 2 aromatic rings. The average Bonchev–Trinajstić information content (AvgIpc) is 2.71. The molecule has 4 aliphatic carbocycles. The Bertz CT molecular complexity index is 860. The van der Waals surface area contributed by atoms with Gasteiger partial charge in [-0.15, -0.1) is 0 Å². The molecule has 2 aromatic carbocycles. The lowest BCUT2D eigenvalue weighted by molar-refractivity contribution is -0.125. The van der Waals surface area contributed by atoms with Crippen molar-refractivity contribution in [2.24, 2.45) is 23.2 Å². The van der Waals surface area contributed by atoms with Crippen LogP contribution in [-0.4, -0.2) is 19.1 Å². The first-order valence-corrected chi connectivity index (χ1v) is 11.2. The Kier molecular flexibility index (Phi) is 5.03. The number of halogens is 1. The monoisotopic (exact) mass is 409 g/mol. The number of rotatable bonds is 6. The fourth-order valence-electron chi connectivity index (χ4n) is 6.41. The topological polar surface area (TPSA) is 38.3 Å². The fourth-order valence-corrected chi connectivity index (χ4v) is 6.65. The molecule has 4 fully saturated rings. The molecule has 0 aliphatic heterocycles. The molecule has 1 N–H and O–H groups in total. The molecular formula is C25H28ClNO2. The van der Waals surface area contributed by atoms with Gasteiger partial charge in [0.2, 0.25) is 0 Å². The quantitative estimate of drug-likeness (QED) is 0.662. The summed E-state index contributed by atoms with van der Waals surface area (Å²) in [6, 6.07) is 15.8. The molecule has 0 aromatic heterocycles. The zero-order valence-electron chi connectivity index (χ0n) is 16.7. The average molecular weight is 410 g/mol. The highest BCUT2D eigenvalue weighted by molar-refractivity contribution is 6.32. The van der Waals surface area contributed by atoms with Crippen LogP contribution in [0.5, 0.6) is 5.75 Å². The van der Waals surface area contributed by atoms with Crippen LogP contribution in [0.1, 0.15) is 38.5 Å². The summed E-state index contributed by atoms with van der Waals surface area (Å²) in [5.41, 5.74) is 2.49. The molecule has 3 nitrogen and oxygen atoms in total. The van der Waals surface area contributed by atoms with Crippen molar-refractivity contribution in [1.29, 1.82) is 0 Å². The van der Waals surface area contributed by atoms with E-state index >= 15 is 0 Å². The molecule has 0 radical (unpaired) electrons. The van der Waals surface area contributed by atoms with Crippen LogP contribution >= 0.6 is 11.6 Å².